The fourth-order valence-corrected chi connectivity index (χ4v) is 3.69. The molecular weight excluding hydrogens is 372 g/mol. The highest BCUT2D eigenvalue weighted by Gasteiger charge is 2.13. The largest absolute Gasteiger partial charge is 0.416 e. The van der Waals surface area contributed by atoms with Crippen LogP contribution in [-0.2, 0) is 12.2 Å². The van der Waals surface area contributed by atoms with E-state index in [1.54, 1.807) is 11.8 Å². The minimum atomic E-state index is 0.359. The van der Waals surface area contributed by atoms with Crippen LogP contribution >= 0.6 is 27.7 Å². The molecule has 5 heteroatoms. The number of halogens is 1. The zero-order chi connectivity index (χ0) is 16.1. The molecule has 0 saturated heterocycles. The van der Waals surface area contributed by atoms with Crippen LogP contribution in [0.4, 0.5) is 0 Å². The highest BCUT2D eigenvalue weighted by atomic mass is 79.9. The molecule has 0 N–H and O–H groups in total. The summed E-state index contributed by atoms with van der Waals surface area (Å²) >= 11 is 5.11. The van der Waals surface area contributed by atoms with Crippen molar-refractivity contribution in [3.8, 4) is 0 Å². The summed E-state index contributed by atoms with van der Waals surface area (Å²) in [5.74, 6) is 1.85. The number of thioether (sulfide) groups is 1. The van der Waals surface area contributed by atoms with Crippen LogP contribution in [0.25, 0.3) is 0 Å². The first-order valence-electron chi connectivity index (χ1n) is 7.46. The van der Waals surface area contributed by atoms with E-state index in [0.717, 1.165) is 16.6 Å². The Bertz CT molecular complexity index is 760. The Morgan fingerprint density at radius 1 is 1.04 bits per heavy atom. The van der Waals surface area contributed by atoms with Gasteiger partial charge in [-0.25, -0.2) is 0 Å². The summed E-state index contributed by atoms with van der Waals surface area (Å²) < 4.78 is 6.86. The molecule has 3 nitrogen and oxygen atoms in total. The van der Waals surface area contributed by atoms with Crippen molar-refractivity contribution in [2.75, 3.05) is 0 Å². The summed E-state index contributed by atoms with van der Waals surface area (Å²) in [5, 5.41) is 8.93. The topological polar surface area (TPSA) is 38.9 Å². The van der Waals surface area contributed by atoms with Gasteiger partial charge in [-0.05, 0) is 23.1 Å². The normalized spacial score (nSPS) is 12.3. The van der Waals surface area contributed by atoms with Gasteiger partial charge in [-0.3, -0.25) is 0 Å². The van der Waals surface area contributed by atoms with Crippen molar-refractivity contribution in [2.45, 2.75) is 30.2 Å². The molecule has 3 aromatic rings. The van der Waals surface area contributed by atoms with E-state index in [-0.39, 0.29) is 0 Å². The van der Waals surface area contributed by atoms with Gasteiger partial charge in [0.1, 0.15) is 0 Å². The van der Waals surface area contributed by atoms with Gasteiger partial charge in [-0.1, -0.05) is 83.1 Å². The van der Waals surface area contributed by atoms with Crippen molar-refractivity contribution in [1.82, 2.24) is 10.2 Å². The highest BCUT2D eigenvalue weighted by Crippen LogP contribution is 2.27. The Balaban J connectivity index is 1.59. The molecule has 0 radical (unpaired) electrons. The standard InChI is InChI=1S/C18H17BrN2OS/c1-13(14-7-3-2-4-8-14)11-17-20-21-18(22-17)23-12-15-9-5-6-10-16(15)19/h2-10,13H,11-12H2,1H3. The molecule has 1 atom stereocenters. The second kappa shape index (κ2) is 7.79. The molecule has 0 bridgehead atoms. The molecule has 0 fully saturated rings. The maximum absolute atomic E-state index is 5.76. The molecule has 0 aliphatic heterocycles. The van der Waals surface area contributed by atoms with Crippen LogP contribution in [0.2, 0.25) is 0 Å². The van der Waals surface area contributed by atoms with Gasteiger partial charge in [0, 0.05) is 16.6 Å². The third kappa shape index (κ3) is 4.45. The molecule has 0 aliphatic carbocycles. The average Bonchev–Trinajstić information content (AvgIpc) is 3.02. The fraction of sp³-hybridized carbons (Fsp3) is 0.222. The molecule has 1 aromatic heterocycles. The van der Waals surface area contributed by atoms with Crippen LogP contribution in [-0.4, -0.2) is 10.2 Å². The van der Waals surface area contributed by atoms with Crippen LogP contribution in [0, 0.1) is 0 Å². The summed E-state index contributed by atoms with van der Waals surface area (Å²) in [5.41, 5.74) is 2.50. The van der Waals surface area contributed by atoms with Gasteiger partial charge >= 0.3 is 0 Å². The van der Waals surface area contributed by atoms with E-state index in [9.17, 15) is 0 Å². The Labute approximate surface area is 148 Å². The van der Waals surface area contributed by atoms with Crippen LogP contribution in [0.15, 0.2) is 68.7 Å². The molecule has 0 saturated carbocycles. The first-order chi connectivity index (χ1) is 11.2. The quantitative estimate of drug-likeness (QED) is 0.524. The van der Waals surface area contributed by atoms with Crippen molar-refractivity contribution < 1.29 is 4.42 Å². The summed E-state index contributed by atoms with van der Waals surface area (Å²) in [7, 11) is 0. The predicted molar refractivity (Wildman–Crippen MR) is 96.6 cm³/mol. The number of aromatic nitrogens is 2. The van der Waals surface area contributed by atoms with E-state index >= 15 is 0 Å². The molecule has 23 heavy (non-hydrogen) atoms. The van der Waals surface area contributed by atoms with Gasteiger partial charge in [-0.2, -0.15) is 0 Å². The summed E-state index contributed by atoms with van der Waals surface area (Å²) in [4.78, 5) is 0. The minimum Gasteiger partial charge on any atom is -0.416 e. The Morgan fingerprint density at radius 3 is 2.57 bits per heavy atom. The van der Waals surface area contributed by atoms with Gasteiger partial charge in [0.25, 0.3) is 5.22 Å². The minimum absolute atomic E-state index is 0.359. The Hall–Kier alpha value is -1.59. The van der Waals surface area contributed by atoms with Crippen LogP contribution < -0.4 is 0 Å². The highest BCUT2D eigenvalue weighted by molar-refractivity contribution is 9.10. The SMILES string of the molecule is CC(Cc1nnc(SCc2ccccc2Br)o1)c1ccccc1. The van der Waals surface area contributed by atoms with Gasteiger partial charge in [0.05, 0.1) is 0 Å². The number of hydrogen-bond acceptors (Lipinski definition) is 4. The van der Waals surface area contributed by atoms with Crippen LogP contribution in [0.3, 0.4) is 0 Å². The lowest BCUT2D eigenvalue weighted by atomic mass is 9.98. The molecule has 118 valence electrons. The third-order valence-corrected chi connectivity index (χ3v) is 5.25. The number of hydrogen-bond donors (Lipinski definition) is 0. The average molecular weight is 389 g/mol. The Morgan fingerprint density at radius 2 is 1.78 bits per heavy atom. The van der Waals surface area contributed by atoms with E-state index in [1.165, 1.54) is 11.1 Å². The molecule has 0 spiro atoms. The maximum atomic E-state index is 5.76. The second-order valence-corrected chi connectivity index (χ2v) is 7.14. The van der Waals surface area contributed by atoms with Crippen molar-refractivity contribution in [3.05, 3.63) is 76.1 Å². The number of benzene rings is 2. The Kier molecular flexibility index (Phi) is 5.51. The molecule has 0 aliphatic rings. The number of nitrogens with zero attached hydrogens (tertiary/aromatic N) is 2. The van der Waals surface area contributed by atoms with E-state index < -0.39 is 0 Å². The molecule has 2 aromatic carbocycles. The molecule has 3 rings (SSSR count). The van der Waals surface area contributed by atoms with Crippen molar-refractivity contribution in [3.63, 3.8) is 0 Å². The van der Waals surface area contributed by atoms with E-state index in [4.69, 9.17) is 4.42 Å². The fourth-order valence-electron chi connectivity index (χ4n) is 2.30. The second-order valence-electron chi connectivity index (χ2n) is 5.36. The van der Waals surface area contributed by atoms with E-state index in [2.05, 4.69) is 63.4 Å². The maximum Gasteiger partial charge on any atom is 0.276 e. The van der Waals surface area contributed by atoms with E-state index in [1.807, 2.05) is 24.3 Å². The van der Waals surface area contributed by atoms with Crippen molar-refractivity contribution >= 4 is 27.7 Å². The zero-order valence-electron chi connectivity index (χ0n) is 12.8. The molecule has 0 amide bonds. The van der Waals surface area contributed by atoms with Crippen molar-refractivity contribution in [2.24, 2.45) is 0 Å². The first-order valence-corrected chi connectivity index (χ1v) is 9.24. The zero-order valence-corrected chi connectivity index (χ0v) is 15.2. The lowest BCUT2D eigenvalue weighted by Crippen LogP contribution is -1.98. The third-order valence-electron chi connectivity index (χ3n) is 3.61. The summed E-state index contributed by atoms with van der Waals surface area (Å²) in [6.45, 7) is 2.17. The van der Waals surface area contributed by atoms with E-state index in [0.29, 0.717) is 17.0 Å². The predicted octanol–water partition coefficient (Wildman–Crippen LogP) is 5.47. The van der Waals surface area contributed by atoms with Gasteiger partial charge in [0.2, 0.25) is 5.89 Å². The van der Waals surface area contributed by atoms with Crippen LogP contribution in [0.5, 0.6) is 0 Å². The lowest BCUT2D eigenvalue weighted by Gasteiger charge is -2.08. The van der Waals surface area contributed by atoms with Gasteiger partial charge < -0.3 is 4.42 Å². The number of rotatable bonds is 6. The lowest BCUT2D eigenvalue weighted by molar-refractivity contribution is 0.404. The van der Waals surface area contributed by atoms with Gasteiger partial charge in [-0.15, -0.1) is 10.2 Å². The molecular formula is C18H17BrN2OS. The van der Waals surface area contributed by atoms with Crippen LogP contribution in [0.1, 0.15) is 29.9 Å². The summed E-state index contributed by atoms with van der Waals surface area (Å²) in [6, 6.07) is 18.6. The monoisotopic (exact) mass is 388 g/mol. The van der Waals surface area contributed by atoms with Crippen molar-refractivity contribution in [1.29, 1.82) is 0 Å². The summed E-state index contributed by atoms with van der Waals surface area (Å²) in [6.07, 6.45) is 0.757. The molecule has 1 unspecified atom stereocenters. The molecule has 1 heterocycles. The smallest absolute Gasteiger partial charge is 0.276 e. The first kappa shape index (κ1) is 16.3. The van der Waals surface area contributed by atoms with Gasteiger partial charge in [0.15, 0.2) is 0 Å².